The molecule has 7 nitrogen and oxygen atoms in total. The third-order valence-corrected chi connectivity index (χ3v) is 3.10. The van der Waals surface area contributed by atoms with Gasteiger partial charge in [-0.05, 0) is 25.1 Å². The summed E-state index contributed by atoms with van der Waals surface area (Å²) >= 11 is 0. The number of ether oxygens (including phenoxy) is 1. The van der Waals surface area contributed by atoms with Gasteiger partial charge in [0.25, 0.3) is 0 Å². The van der Waals surface area contributed by atoms with Crippen LogP contribution in [0, 0.1) is 0 Å². The molecule has 7 heteroatoms. The fraction of sp³-hybridized carbons (Fsp3) is 0.462. The van der Waals surface area contributed by atoms with Crippen LogP contribution in [0.25, 0.3) is 0 Å². The van der Waals surface area contributed by atoms with Gasteiger partial charge >= 0.3 is 11.9 Å². The molecule has 2 rings (SSSR count). The van der Waals surface area contributed by atoms with Crippen LogP contribution in [0.4, 0.5) is 0 Å². The van der Waals surface area contributed by atoms with Crippen molar-refractivity contribution in [3.05, 3.63) is 30.1 Å². The van der Waals surface area contributed by atoms with E-state index in [4.69, 9.17) is 24.5 Å². The van der Waals surface area contributed by atoms with Gasteiger partial charge in [0.05, 0.1) is 6.10 Å². The number of hydrogen-bond donors (Lipinski definition) is 2. The topological polar surface area (TPSA) is 100.0 Å². The molecule has 0 aromatic carbocycles. The lowest BCUT2D eigenvalue weighted by atomic mass is 10.1. The maximum absolute atomic E-state index is 9.10. The molecule has 110 valence electrons. The highest BCUT2D eigenvalue weighted by atomic mass is 16.5. The quantitative estimate of drug-likeness (QED) is 0.767. The molecule has 2 atom stereocenters. The van der Waals surface area contributed by atoms with Gasteiger partial charge in [0.2, 0.25) is 0 Å². The number of aliphatic carboxylic acids is 2. The highest BCUT2D eigenvalue weighted by molar-refractivity contribution is 6.27. The molecule has 0 spiro atoms. The largest absolute Gasteiger partial charge is 0.473 e. The van der Waals surface area contributed by atoms with Gasteiger partial charge in [0, 0.05) is 32.1 Å². The van der Waals surface area contributed by atoms with Crippen molar-refractivity contribution in [1.82, 2.24) is 9.88 Å². The molecule has 1 aliphatic rings. The predicted molar refractivity (Wildman–Crippen MR) is 70.3 cm³/mol. The monoisotopic (exact) mass is 282 g/mol. The summed E-state index contributed by atoms with van der Waals surface area (Å²) in [5.41, 5.74) is 1.29. The molecule has 1 unspecified atom stereocenters. The molecule has 1 aliphatic heterocycles. The summed E-state index contributed by atoms with van der Waals surface area (Å²) in [6, 6.07) is 4.59. The van der Waals surface area contributed by atoms with Gasteiger partial charge in [0.1, 0.15) is 0 Å². The van der Waals surface area contributed by atoms with E-state index in [1.165, 1.54) is 5.56 Å². The van der Waals surface area contributed by atoms with Crippen molar-refractivity contribution in [2.75, 3.05) is 20.7 Å². The van der Waals surface area contributed by atoms with Crippen LogP contribution in [0.2, 0.25) is 0 Å². The molecule has 0 radical (unpaired) electrons. The average molecular weight is 282 g/mol. The van der Waals surface area contributed by atoms with Crippen molar-refractivity contribution in [3.8, 4) is 0 Å². The molecular formula is C13H18N2O5. The number of methoxy groups -OCH3 is 1. The van der Waals surface area contributed by atoms with E-state index in [9.17, 15) is 0 Å². The number of rotatable bonds is 2. The number of likely N-dealkylation sites (N-methyl/N-ethyl adjacent to an activating group) is 1. The number of aromatic nitrogens is 1. The zero-order chi connectivity index (χ0) is 15.1. The summed E-state index contributed by atoms with van der Waals surface area (Å²) in [5, 5.41) is 14.8. The Bertz CT molecular complexity index is 439. The molecule has 0 amide bonds. The Labute approximate surface area is 116 Å². The van der Waals surface area contributed by atoms with E-state index in [2.05, 4.69) is 23.0 Å². The minimum Gasteiger partial charge on any atom is -0.473 e. The van der Waals surface area contributed by atoms with E-state index in [0.29, 0.717) is 12.1 Å². The van der Waals surface area contributed by atoms with E-state index in [1.54, 1.807) is 7.11 Å². The van der Waals surface area contributed by atoms with Crippen LogP contribution in [-0.2, 0) is 14.3 Å². The van der Waals surface area contributed by atoms with Crippen molar-refractivity contribution in [2.24, 2.45) is 0 Å². The van der Waals surface area contributed by atoms with Gasteiger partial charge in [-0.15, -0.1) is 0 Å². The zero-order valence-electron chi connectivity index (χ0n) is 11.4. The van der Waals surface area contributed by atoms with Crippen LogP contribution in [0.1, 0.15) is 18.0 Å². The lowest BCUT2D eigenvalue weighted by molar-refractivity contribution is -0.159. The minimum atomic E-state index is -1.82. The molecule has 20 heavy (non-hydrogen) atoms. The normalized spacial score (nSPS) is 21.9. The van der Waals surface area contributed by atoms with Gasteiger partial charge in [-0.25, -0.2) is 9.59 Å². The van der Waals surface area contributed by atoms with E-state index in [1.807, 2.05) is 18.5 Å². The van der Waals surface area contributed by atoms with Crippen molar-refractivity contribution in [3.63, 3.8) is 0 Å². The second-order valence-electron chi connectivity index (χ2n) is 4.45. The van der Waals surface area contributed by atoms with Crippen molar-refractivity contribution in [1.29, 1.82) is 0 Å². The fourth-order valence-corrected chi connectivity index (χ4v) is 2.09. The first-order valence-corrected chi connectivity index (χ1v) is 6.04. The first-order valence-electron chi connectivity index (χ1n) is 6.04. The van der Waals surface area contributed by atoms with Crippen LogP contribution in [0.15, 0.2) is 24.5 Å². The Balaban J connectivity index is 0.000000286. The molecule has 1 fully saturated rings. The smallest absolute Gasteiger partial charge is 0.414 e. The molecule has 0 saturated carbocycles. The summed E-state index contributed by atoms with van der Waals surface area (Å²) in [5.74, 6) is -3.65. The Morgan fingerprint density at radius 1 is 1.40 bits per heavy atom. The Hall–Kier alpha value is -1.99. The minimum absolute atomic E-state index is 0.366. The van der Waals surface area contributed by atoms with E-state index in [-0.39, 0.29) is 0 Å². The number of carboxylic acids is 2. The van der Waals surface area contributed by atoms with Crippen LogP contribution in [0.5, 0.6) is 0 Å². The van der Waals surface area contributed by atoms with E-state index >= 15 is 0 Å². The molecule has 2 heterocycles. The first kappa shape index (κ1) is 16.1. The highest BCUT2D eigenvalue weighted by Crippen LogP contribution is 2.30. The number of carbonyl (C=O) groups is 2. The lowest BCUT2D eigenvalue weighted by Gasteiger charge is -2.18. The van der Waals surface area contributed by atoms with E-state index < -0.39 is 11.9 Å². The fourth-order valence-electron chi connectivity index (χ4n) is 2.09. The van der Waals surface area contributed by atoms with Gasteiger partial charge in [-0.2, -0.15) is 0 Å². The molecular weight excluding hydrogens is 264 g/mol. The standard InChI is InChI=1S/C11H16N2O.C2H2O4/c1-13-8-10(14-2)6-11(13)9-4-3-5-12-7-9;3-1(4)2(5)6/h3-5,7,10-11H,6,8H2,1-2H3;(H,3,4)(H,5,6)/t10?,11-;/m0./s1. The van der Waals surface area contributed by atoms with Gasteiger partial charge in [-0.3, -0.25) is 9.88 Å². The van der Waals surface area contributed by atoms with Gasteiger partial charge < -0.3 is 14.9 Å². The SMILES string of the molecule is COC1C[C@@H](c2cccnc2)N(C)C1.O=C(O)C(=O)O. The van der Waals surface area contributed by atoms with Gasteiger partial charge in [0.15, 0.2) is 0 Å². The molecule has 1 saturated heterocycles. The number of nitrogens with zero attached hydrogens (tertiary/aromatic N) is 2. The number of pyridine rings is 1. The second-order valence-corrected chi connectivity index (χ2v) is 4.45. The van der Waals surface area contributed by atoms with E-state index in [0.717, 1.165) is 13.0 Å². The maximum atomic E-state index is 9.10. The maximum Gasteiger partial charge on any atom is 0.414 e. The lowest BCUT2D eigenvalue weighted by Crippen LogP contribution is -2.20. The predicted octanol–water partition coefficient (Wildman–Crippen LogP) is 0.629. The Morgan fingerprint density at radius 2 is 2.05 bits per heavy atom. The number of hydrogen-bond acceptors (Lipinski definition) is 5. The van der Waals surface area contributed by atoms with Crippen LogP contribution >= 0.6 is 0 Å². The second kappa shape index (κ2) is 7.56. The van der Waals surface area contributed by atoms with Crippen molar-refractivity contribution in [2.45, 2.75) is 18.6 Å². The highest BCUT2D eigenvalue weighted by Gasteiger charge is 2.30. The average Bonchev–Trinajstić information content (AvgIpc) is 2.81. The van der Waals surface area contributed by atoms with Crippen molar-refractivity contribution >= 4 is 11.9 Å². The molecule has 0 bridgehead atoms. The summed E-state index contributed by atoms with van der Waals surface area (Å²) < 4.78 is 5.37. The Morgan fingerprint density at radius 3 is 2.45 bits per heavy atom. The van der Waals surface area contributed by atoms with Crippen LogP contribution in [0.3, 0.4) is 0 Å². The zero-order valence-corrected chi connectivity index (χ0v) is 11.4. The summed E-state index contributed by atoms with van der Waals surface area (Å²) in [6.45, 7) is 1.01. The molecule has 2 N–H and O–H groups in total. The molecule has 1 aromatic heterocycles. The number of carboxylic acid groups (broad SMARTS) is 2. The first-order chi connectivity index (χ1) is 9.45. The summed E-state index contributed by atoms with van der Waals surface area (Å²) in [6.07, 6.45) is 5.19. The summed E-state index contributed by atoms with van der Waals surface area (Å²) in [4.78, 5) is 24.7. The molecule has 0 aliphatic carbocycles. The Kier molecular flexibility index (Phi) is 6.08. The third-order valence-electron chi connectivity index (χ3n) is 3.10. The van der Waals surface area contributed by atoms with Crippen LogP contribution in [-0.4, -0.2) is 58.8 Å². The van der Waals surface area contributed by atoms with Crippen LogP contribution < -0.4 is 0 Å². The summed E-state index contributed by atoms with van der Waals surface area (Å²) in [7, 11) is 3.92. The number of likely N-dealkylation sites (tertiary alicyclic amines) is 1. The van der Waals surface area contributed by atoms with Crippen molar-refractivity contribution < 1.29 is 24.5 Å². The third kappa shape index (κ3) is 4.60. The van der Waals surface area contributed by atoms with Gasteiger partial charge in [-0.1, -0.05) is 6.07 Å². The molecule has 1 aromatic rings.